The molecule has 0 amide bonds. The van der Waals surface area contributed by atoms with Gasteiger partial charge >= 0.3 is 5.97 Å². The van der Waals surface area contributed by atoms with E-state index in [0.29, 0.717) is 0 Å². The minimum Gasteiger partial charge on any atom is -0.461 e. The third-order valence-corrected chi connectivity index (χ3v) is 6.02. The first kappa shape index (κ1) is 13.1. The maximum atomic E-state index is 12.1. The summed E-state index contributed by atoms with van der Waals surface area (Å²) in [6.45, 7) is 5.90. The van der Waals surface area contributed by atoms with Crippen LogP contribution in [0.5, 0.6) is 0 Å². The molecule has 0 aromatic carbocycles. The van der Waals surface area contributed by atoms with E-state index in [1.807, 2.05) is 13.8 Å². The van der Waals surface area contributed by atoms with Crippen molar-refractivity contribution >= 4 is 11.8 Å². The lowest BCUT2D eigenvalue weighted by Crippen LogP contribution is -2.58. The van der Waals surface area contributed by atoms with Crippen molar-refractivity contribution in [1.82, 2.24) is 0 Å². The van der Waals surface area contributed by atoms with E-state index in [2.05, 4.69) is 6.92 Å². The Labute approximate surface area is 113 Å². The largest absolute Gasteiger partial charge is 0.461 e. The number of aliphatic hydroxyl groups is 1. The van der Waals surface area contributed by atoms with Gasteiger partial charge in [-0.3, -0.25) is 9.59 Å². The first-order valence-corrected chi connectivity index (χ1v) is 7.27. The number of ketones is 1. The molecule has 4 nitrogen and oxygen atoms in total. The first-order valence-electron chi connectivity index (χ1n) is 7.27. The number of ether oxygens (including phenoxy) is 1. The Balaban J connectivity index is 1.99. The van der Waals surface area contributed by atoms with Crippen LogP contribution < -0.4 is 0 Å². The van der Waals surface area contributed by atoms with Crippen LogP contribution in [-0.4, -0.2) is 29.1 Å². The van der Waals surface area contributed by atoms with Crippen LogP contribution >= 0.6 is 0 Å². The fourth-order valence-electron chi connectivity index (χ4n) is 4.62. The fourth-order valence-corrected chi connectivity index (χ4v) is 4.62. The molecule has 2 aliphatic carbocycles. The van der Waals surface area contributed by atoms with Crippen LogP contribution in [-0.2, 0) is 14.3 Å². The van der Waals surface area contributed by atoms with Gasteiger partial charge in [0.1, 0.15) is 11.9 Å². The van der Waals surface area contributed by atoms with Crippen molar-refractivity contribution in [3.63, 3.8) is 0 Å². The Kier molecular flexibility index (Phi) is 2.79. The highest BCUT2D eigenvalue weighted by atomic mass is 16.6. The van der Waals surface area contributed by atoms with E-state index >= 15 is 0 Å². The summed E-state index contributed by atoms with van der Waals surface area (Å²) < 4.78 is 5.58. The van der Waals surface area contributed by atoms with Crippen molar-refractivity contribution < 1.29 is 19.4 Å². The van der Waals surface area contributed by atoms with Crippen LogP contribution in [0.1, 0.15) is 40.0 Å². The summed E-state index contributed by atoms with van der Waals surface area (Å²) in [6.07, 6.45) is 1.24. The molecule has 0 aromatic heterocycles. The van der Waals surface area contributed by atoms with E-state index in [-0.39, 0.29) is 53.4 Å². The van der Waals surface area contributed by atoms with Crippen LogP contribution in [0.3, 0.4) is 0 Å². The maximum Gasteiger partial charge on any atom is 0.309 e. The van der Waals surface area contributed by atoms with Gasteiger partial charge < -0.3 is 9.84 Å². The molecule has 0 aromatic rings. The van der Waals surface area contributed by atoms with Crippen molar-refractivity contribution in [3.8, 4) is 0 Å². The number of aliphatic hydroxyl groups excluding tert-OH is 1. The molecule has 3 fully saturated rings. The third-order valence-electron chi connectivity index (χ3n) is 6.02. The Morgan fingerprint density at radius 2 is 1.95 bits per heavy atom. The summed E-state index contributed by atoms with van der Waals surface area (Å²) in [5.74, 6) is -0.0528. The lowest BCUT2D eigenvalue weighted by atomic mass is 9.52. The molecule has 106 valence electrons. The molecule has 19 heavy (non-hydrogen) atoms. The molecular weight excluding hydrogens is 244 g/mol. The number of carbonyl (C=O) groups is 2. The van der Waals surface area contributed by atoms with E-state index in [9.17, 15) is 14.7 Å². The number of esters is 1. The van der Waals surface area contributed by atoms with Crippen molar-refractivity contribution in [1.29, 1.82) is 0 Å². The normalized spacial score (nSPS) is 53.5. The van der Waals surface area contributed by atoms with E-state index in [4.69, 9.17) is 4.74 Å². The van der Waals surface area contributed by atoms with Gasteiger partial charge in [0.15, 0.2) is 0 Å². The second kappa shape index (κ2) is 4.05. The summed E-state index contributed by atoms with van der Waals surface area (Å²) in [5, 5.41) is 10.3. The number of fused-ring (bicyclic) bond motifs is 3. The molecule has 4 heteroatoms. The van der Waals surface area contributed by atoms with E-state index < -0.39 is 6.10 Å². The minimum absolute atomic E-state index is 0.0311. The summed E-state index contributed by atoms with van der Waals surface area (Å²) in [5.41, 5.74) is -0.293. The number of rotatable bonds is 0. The molecule has 7 atom stereocenters. The van der Waals surface area contributed by atoms with Gasteiger partial charge in [0.2, 0.25) is 0 Å². The predicted octanol–water partition coefficient (Wildman–Crippen LogP) is 1.55. The van der Waals surface area contributed by atoms with Crippen molar-refractivity contribution in [2.24, 2.45) is 29.1 Å². The molecule has 0 bridgehead atoms. The second-order valence-electron chi connectivity index (χ2n) is 6.90. The van der Waals surface area contributed by atoms with Crippen LogP contribution in [0.2, 0.25) is 0 Å². The maximum absolute atomic E-state index is 12.1. The highest BCUT2D eigenvalue weighted by Crippen LogP contribution is 2.56. The quantitative estimate of drug-likeness (QED) is 0.676. The highest BCUT2D eigenvalue weighted by molar-refractivity contribution is 5.83. The topological polar surface area (TPSA) is 63.6 Å². The monoisotopic (exact) mass is 266 g/mol. The molecule has 1 N–H and O–H groups in total. The molecule has 3 rings (SSSR count). The minimum atomic E-state index is -0.600. The van der Waals surface area contributed by atoms with Gasteiger partial charge in [0.25, 0.3) is 0 Å². The summed E-state index contributed by atoms with van der Waals surface area (Å²) >= 11 is 0. The van der Waals surface area contributed by atoms with Gasteiger partial charge in [-0.15, -0.1) is 0 Å². The predicted molar refractivity (Wildman–Crippen MR) is 68.2 cm³/mol. The zero-order valence-electron chi connectivity index (χ0n) is 11.8. The fraction of sp³-hybridized carbons (Fsp3) is 0.867. The average Bonchev–Trinajstić information content (AvgIpc) is 2.63. The Hall–Kier alpha value is -0.900. The van der Waals surface area contributed by atoms with Gasteiger partial charge in [-0.1, -0.05) is 20.8 Å². The highest BCUT2D eigenvalue weighted by Gasteiger charge is 2.61. The van der Waals surface area contributed by atoms with Gasteiger partial charge in [-0.05, 0) is 12.8 Å². The van der Waals surface area contributed by atoms with Gasteiger partial charge in [0, 0.05) is 29.6 Å². The summed E-state index contributed by atoms with van der Waals surface area (Å²) in [7, 11) is 0. The molecule has 2 saturated carbocycles. The Morgan fingerprint density at radius 3 is 2.63 bits per heavy atom. The van der Waals surface area contributed by atoms with E-state index in [0.717, 1.165) is 12.8 Å². The molecule has 1 aliphatic heterocycles. The van der Waals surface area contributed by atoms with Crippen molar-refractivity contribution in [3.05, 3.63) is 0 Å². The molecule has 0 radical (unpaired) electrons. The molecule has 0 spiro atoms. The van der Waals surface area contributed by atoms with E-state index in [1.165, 1.54) is 0 Å². The van der Waals surface area contributed by atoms with Crippen LogP contribution in [0.15, 0.2) is 0 Å². The lowest BCUT2D eigenvalue weighted by Gasteiger charge is -2.53. The summed E-state index contributed by atoms with van der Waals surface area (Å²) in [6, 6.07) is 0. The van der Waals surface area contributed by atoms with Crippen LogP contribution in [0, 0.1) is 29.1 Å². The van der Waals surface area contributed by atoms with Crippen LogP contribution in [0.25, 0.3) is 0 Å². The number of carbonyl (C=O) groups excluding carboxylic acids is 2. The second-order valence-corrected chi connectivity index (χ2v) is 6.90. The molecule has 3 aliphatic rings. The van der Waals surface area contributed by atoms with Crippen LogP contribution in [0.4, 0.5) is 0 Å². The van der Waals surface area contributed by atoms with E-state index in [1.54, 1.807) is 0 Å². The van der Waals surface area contributed by atoms with Gasteiger partial charge in [-0.25, -0.2) is 0 Å². The van der Waals surface area contributed by atoms with Gasteiger partial charge in [0.05, 0.1) is 12.0 Å². The molecular formula is C15H22O4. The van der Waals surface area contributed by atoms with Crippen molar-refractivity contribution in [2.75, 3.05) is 0 Å². The number of Topliss-reactive ketones (excluding diaryl/α,β-unsaturated/α-hetero) is 1. The number of hydrogen-bond donors (Lipinski definition) is 1. The lowest BCUT2D eigenvalue weighted by molar-refractivity contribution is -0.173. The van der Waals surface area contributed by atoms with Crippen molar-refractivity contribution in [2.45, 2.75) is 52.2 Å². The Bertz CT molecular complexity index is 432. The average molecular weight is 266 g/mol. The Morgan fingerprint density at radius 1 is 1.26 bits per heavy atom. The zero-order chi connectivity index (χ0) is 13.9. The first-order chi connectivity index (χ1) is 8.86. The zero-order valence-corrected chi connectivity index (χ0v) is 11.8. The standard InChI is InChI=1S/C15H22O4/c1-7-9-4-5-15(3)11(17)6-10(16)8(2)12(15)13(9)19-14(7)18/h7-9,11-13,17H,4-6H2,1-3H3/t7-,8+,9-,11-,12+,13-,15-/m0/s1. The molecule has 0 unspecified atom stereocenters. The molecule has 1 saturated heterocycles. The summed E-state index contributed by atoms with van der Waals surface area (Å²) in [4.78, 5) is 23.9. The smallest absolute Gasteiger partial charge is 0.309 e. The third kappa shape index (κ3) is 1.62. The number of hydrogen-bond acceptors (Lipinski definition) is 4. The SMILES string of the molecule is C[C@@H]1C(=O)O[C@H]2[C@H]1CC[C@]1(C)[C@@H]2[C@H](C)C(=O)C[C@@H]1O. The van der Waals surface area contributed by atoms with Gasteiger partial charge in [-0.2, -0.15) is 0 Å². The molecule has 1 heterocycles.